The molecule has 0 aromatic carbocycles. The lowest BCUT2D eigenvalue weighted by Gasteiger charge is -2.24. The number of rotatable bonds is 5. The van der Waals surface area contributed by atoms with Gasteiger partial charge in [-0.2, -0.15) is 0 Å². The van der Waals surface area contributed by atoms with Gasteiger partial charge in [-0.25, -0.2) is 4.67 Å². The maximum atomic E-state index is 11.7. The minimum atomic E-state index is -2.63. The molecule has 0 radical (unpaired) electrons. The Balaban J connectivity index is 4.28. The molecule has 0 N–H and O–H groups in total. The average Bonchev–Trinajstić information content (AvgIpc) is 1.99. The van der Waals surface area contributed by atoms with Gasteiger partial charge in [0.15, 0.2) is 0 Å². The van der Waals surface area contributed by atoms with E-state index < -0.39 is 7.52 Å². The molecule has 0 saturated heterocycles. The standard InChI is InChI=1S/C8H16NO2P/c1-5-8-9(6-2)12(4,10)11-7-3/h1H,6-8H2,2-4H3. The molecule has 4 heteroatoms. The maximum Gasteiger partial charge on any atom is 0.270 e. The van der Waals surface area contributed by atoms with Crippen LogP contribution in [0.5, 0.6) is 0 Å². The van der Waals surface area contributed by atoms with Crippen molar-refractivity contribution in [3.63, 3.8) is 0 Å². The molecule has 0 bridgehead atoms. The summed E-state index contributed by atoms with van der Waals surface area (Å²) in [6.07, 6.45) is 5.13. The van der Waals surface area contributed by atoms with Gasteiger partial charge in [0.1, 0.15) is 0 Å². The van der Waals surface area contributed by atoms with Crippen molar-refractivity contribution < 1.29 is 9.09 Å². The predicted molar refractivity (Wildman–Crippen MR) is 51.2 cm³/mol. The van der Waals surface area contributed by atoms with Crippen molar-refractivity contribution in [2.45, 2.75) is 13.8 Å². The second-order valence-corrected chi connectivity index (χ2v) is 4.84. The van der Waals surface area contributed by atoms with Gasteiger partial charge in [0.05, 0.1) is 13.2 Å². The first-order valence-corrected chi connectivity index (χ1v) is 6.01. The molecule has 0 aliphatic rings. The monoisotopic (exact) mass is 189 g/mol. The molecular weight excluding hydrogens is 173 g/mol. The SMILES string of the molecule is C#CCN(CC)P(C)(=O)OCC. The fourth-order valence-electron chi connectivity index (χ4n) is 0.924. The predicted octanol–water partition coefficient (Wildman–Crippen LogP) is 1.80. The summed E-state index contributed by atoms with van der Waals surface area (Å²) in [5.41, 5.74) is 0. The Morgan fingerprint density at radius 1 is 1.58 bits per heavy atom. The van der Waals surface area contributed by atoms with Gasteiger partial charge >= 0.3 is 0 Å². The largest absolute Gasteiger partial charge is 0.318 e. The topological polar surface area (TPSA) is 29.5 Å². The molecule has 0 rings (SSSR count). The first-order valence-electron chi connectivity index (χ1n) is 3.99. The Morgan fingerprint density at radius 3 is 2.50 bits per heavy atom. The summed E-state index contributed by atoms with van der Waals surface area (Å²) < 4.78 is 18.5. The Hall–Kier alpha value is -0.290. The van der Waals surface area contributed by atoms with Crippen LogP contribution in [0.15, 0.2) is 0 Å². The van der Waals surface area contributed by atoms with E-state index in [0.717, 1.165) is 0 Å². The van der Waals surface area contributed by atoms with E-state index in [1.54, 1.807) is 11.3 Å². The zero-order valence-electron chi connectivity index (χ0n) is 7.91. The van der Waals surface area contributed by atoms with E-state index in [4.69, 9.17) is 10.9 Å². The number of nitrogens with zero attached hydrogens (tertiary/aromatic N) is 1. The zero-order valence-corrected chi connectivity index (χ0v) is 8.80. The second kappa shape index (κ2) is 5.37. The highest BCUT2D eigenvalue weighted by Crippen LogP contribution is 2.45. The van der Waals surface area contributed by atoms with Crippen molar-refractivity contribution in [2.75, 3.05) is 26.4 Å². The summed E-state index contributed by atoms with van der Waals surface area (Å²) >= 11 is 0. The summed E-state index contributed by atoms with van der Waals surface area (Å²) in [6.45, 7) is 6.81. The molecule has 0 amide bonds. The lowest BCUT2D eigenvalue weighted by Crippen LogP contribution is -2.21. The molecular formula is C8H16NO2P. The van der Waals surface area contributed by atoms with Gasteiger partial charge in [-0.05, 0) is 6.92 Å². The van der Waals surface area contributed by atoms with Crippen LogP contribution in [0, 0.1) is 12.3 Å². The van der Waals surface area contributed by atoms with Crippen LogP contribution in [-0.4, -0.2) is 31.0 Å². The van der Waals surface area contributed by atoms with E-state index in [2.05, 4.69) is 5.92 Å². The molecule has 0 fully saturated rings. The molecule has 0 saturated carbocycles. The minimum Gasteiger partial charge on any atom is -0.318 e. The first-order chi connectivity index (χ1) is 5.58. The average molecular weight is 189 g/mol. The first kappa shape index (κ1) is 11.7. The molecule has 0 heterocycles. The van der Waals surface area contributed by atoms with Gasteiger partial charge in [0.2, 0.25) is 0 Å². The van der Waals surface area contributed by atoms with Crippen molar-refractivity contribution in [1.82, 2.24) is 4.67 Å². The summed E-state index contributed by atoms with van der Waals surface area (Å²) in [6, 6.07) is 0. The number of hydrogen-bond acceptors (Lipinski definition) is 2. The van der Waals surface area contributed by atoms with Gasteiger partial charge in [0, 0.05) is 13.2 Å². The van der Waals surface area contributed by atoms with Crippen LogP contribution in [0.1, 0.15) is 13.8 Å². The third-order valence-corrected chi connectivity index (χ3v) is 3.71. The van der Waals surface area contributed by atoms with E-state index in [-0.39, 0.29) is 0 Å². The van der Waals surface area contributed by atoms with E-state index in [1.165, 1.54) is 0 Å². The van der Waals surface area contributed by atoms with Crippen LogP contribution in [-0.2, 0) is 9.09 Å². The summed E-state index contributed by atoms with van der Waals surface area (Å²) in [4.78, 5) is 0. The Kier molecular flexibility index (Phi) is 5.24. The van der Waals surface area contributed by atoms with Gasteiger partial charge < -0.3 is 4.52 Å². The fourth-order valence-corrected chi connectivity index (χ4v) is 2.42. The smallest absolute Gasteiger partial charge is 0.270 e. The molecule has 0 aliphatic heterocycles. The van der Waals surface area contributed by atoms with Crippen molar-refractivity contribution in [3.05, 3.63) is 0 Å². The quantitative estimate of drug-likeness (QED) is 0.488. The van der Waals surface area contributed by atoms with Crippen molar-refractivity contribution in [2.24, 2.45) is 0 Å². The van der Waals surface area contributed by atoms with E-state index in [0.29, 0.717) is 19.7 Å². The number of terminal acetylenes is 1. The van der Waals surface area contributed by atoms with Crippen LogP contribution in [0.25, 0.3) is 0 Å². The van der Waals surface area contributed by atoms with Gasteiger partial charge in [-0.15, -0.1) is 6.42 Å². The molecule has 0 aromatic heterocycles. The Morgan fingerprint density at radius 2 is 2.17 bits per heavy atom. The van der Waals surface area contributed by atoms with Crippen LogP contribution < -0.4 is 0 Å². The van der Waals surface area contributed by atoms with E-state index in [1.807, 2.05) is 13.8 Å². The third-order valence-electron chi connectivity index (χ3n) is 1.52. The van der Waals surface area contributed by atoms with Gasteiger partial charge in [-0.1, -0.05) is 12.8 Å². The molecule has 1 atom stereocenters. The maximum absolute atomic E-state index is 11.7. The molecule has 12 heavy (non-hydrogen) atoms. The molecule has 0 aliphatic carbocycles. The summed E-state index contributed by atoms with van der Waals surface area (Å²) in [7, 11) is -2.63. The highest BCUT2D eigenvalue weighted by Gasteiger charge is 2.22. The summed E-state index contributed by atoms with van der Waals surface area (Å²) in [5, 5.41) is 0. The zero-order chi connectivity index (χ0) is 9.61. The molecule has 70 valence electrons. The lowest BCUT2D eigenvalue weighted by molar-refractivity contribution is 0.288. The fraction of sp³-hybridized carbons (Fsp3) is 0.750. The van der Waals surface area contributed by atoms with E-state index in [9.17, 15) is 4.57 Å². The molecule has 0 spiro atoms. The van der Waals surface area contributed by atoms with Gasteiger partial charge in [-0.3, -0.25) is 4.57 Å². The summed E-state index contributed by atoms with van der Waals surface area (Å²) in [5.74, 6) is 2.46. The lowest BCUT2D eigenvalue weighted by atomic mass is 10.6. The highest BCUT2D eigenvalue weighted by molar-refractivity contribution is 7.55. The highest BCUT2D eigenvalue weighted by atomic mass is 31.2. The third kappa shape index (κ3) is 3.40. The number of hydrogen-bond donors (Lipinski definition) is 0. The van der Waals surface area contributed by atoms with Crippen LogP contribution in [0.2, 0.25) is 0 Å². The molecule has 1 unspecified atom stereocenters. The molecule has 0 aromatic rings. The van der Waals surface area contributed by atoms with Crippen LogP contribution in [0.4, 0.5) is 0 Å². The van der Waals surface area contributed by atoms with E-state index >= 15 is 0 Å². The van der Waals surface area contributed by atoms with Crippen molar-refractivity contribution in [3.8, 4) is 12.3 Å². The van der Waals surface area contributed by atoms with Crippen molar-refractivity contribution >= 4 is 7.52 Å². The normalized spacial score (nSPS) is 15.6. The molecule has 3 nitrogen and oxygen atoms in total. The second-order valence-electron chi connectivity index (χ2n) is 2.41. The Labute approximate surface area is 74.6 Å². The van der Waals surface area contributed by atoms with Crippen LogP contribution in [0.3, 0.4) is 0 Å². The van der Waals surface area contributed by atoms with Crippen molar-refractivity contribution in [1.29, 1.82) is 0 Å². The van der Waals surface area contributed by atoms with Gasteiger partial charge in [0.25, 0.3) is 7.52 Å². The Bertz CT molecular complexity index is 210. The minimum absolute atomic E-state index is 0.379. The van der Waals surface area contributed by atoms with Crippen LogP contribution >= 0.6 is 7.52 Å².